The Kier molecular flexibility index (Phi) is 5.35. The minimum atomic E-state index is -0.487. The Morgan fingerprint density at radius 1 is 1.38 bits per heavy atom. The molecule has 0 saturated heterocycles. The number of thiophene rings is 1. The average Bonchev–Trinajstić information content (AvgIpc) is 3.00. The van der Waals surface area contributed by atoms with Gasteiger partial charge in [0.15, 0.2) is 5.11 Å². The molecule has 7 nitrogen and oxygen atoms in total. The molecule has 2 aromatic rings. The van der Waals surface area contributed by atoms with E-state index in [4.69, 9.17) is 12.2 Å². The van der Waals surface area contributed by atoms with Gasteiger partial charge in [0, 0.05) is 38.2 Å². The molecule has 1 aromatic carbocycles. The Labute approximate surface area is 166 Å². The summed E-state index contributed by atoms with van der Waals surface area (Å²) in [7, 11) is 0. The third-order valence-corrected chi connectivity index (χ3v) is 5.70. The quantitative estimate of drug-likeness (QED) is 0.370. The smallest absolute Gasteiger partial charge is 0.269 e. The number of benzene rings is 1. The molecule has 0 fully saturated rings. The Morgan fingerprint density at radius 3 is 2.65 bits per heavy atom. The molecular weight excluding hydrogens is 440 g/mol. The van der Waals surface area contributed by atoms with Crippen LogP contribution in [0.1, 0.15) is 17.8 Å². The number of hydrogen-bond acceptors (Lipinski definition) is 5. The molecular formula is C16H13BrN4O3S2. The Balaban J connectivity index is 1.88. The van der Waals surface area contributed by atoms with Crippen LogP contribution in [0.5, 0.6) is 0 Å². The summed E-state index contributed by atoms with van der Waals surface area (Å²) < 4.78 is 0.927. The van der Waals surface area contributed by atoms with Gasteiger partial charge in [-0.1, -0.05) is 0 Å². The van der Waals surface area contributed by atoms with Crippen LogP contribution in [0.2, 0.25) is 0 Å². The van der Waals surface area contributed by atoms with E-state index >= 15 is 0 Å². The van der Waals surface area contributed by atoms with Crippen LogP contribution in [-0.2, 0) is 4.79 Å². The molecule has 1 unspecified atom stereocenters. The van der Waals surface area contributed by atoms with Crippen LogP contribution in [0, 0.1) is 10.1 Å². The standard InChI is InChI=1S/C16H13BrN4O3S2/c1-8-13(14(20-16(25)18-8)12-6-9(17)7-26-12)15(22)19-10-2-4-11(5-3-10)21(23)24/h2-7,14H,1H3,(H,19,22)(H2,18,20,25). The molecule has 1 aliphatic rings. The van der Waals surface area contributed by atoms with Gasteiger partial charge in [-0.05, 0) is 53.3 Å². The van der Waals surface area contributed by atoms with E-state index in [0.717, 1.165) is 9.35 Å². The van der Waals surface area contributed by atoms with Crippen molar-refractivity contribution in [3.05, 3.63) is 66.4 Å². The van der Waals surface area contributed by atoms with Gasteiger partial charge in [-0.2, -0.15) is 0 Å². The molecule has 1 aromatic heterocycles. The number of hydrogen-bond donors (Lipinski definition) is 3. The minimum Gasteiger partial charge on any atom is -0.350 e. The van der Waals surface area contributed by atoms with Crippen molar-refractivity contribution in [1.82, 2.24) is 10.6 Å². The molecule has 26 heavy (non-hydrogen) atoms. The Hall–Kier alpha value is -2.30. The van der Waals surface area contributed by atoms with E-state index in [-0.39, 0.29) is 17.6 Å². The van der Waals surface area contributed by atoms with Crippen LogP contribution in [0.3, 0.4) is 0 Å². The second-order valence-electron chi connectivity index (χ2n) is 5.50. The summed E-state index contributed by atoms with van der Waals surface area (Å²) in [4.78, 5) is 24.0. The van der Waals surface area contributed by atoms with Gasteiger partial charge < -0.3 is 16.0 Å². The maximum absolute atomic E-state index is 12.9. The van der Waals surface area contributed by atoms with Gasteiger partial charge in [0.2, 0.25) is 0 Å². The predicted molar refractivity (Wildman–Crippen MR) is 108 cm³/mol. The fourth-order valence-electron chi connectivity index (χ4n) is 2.55. The van der Waals surface area contributed by atoms with Crippen LogP contribution in [0.4, 0.5) is 11.4 Å². The van der Waals surface area contributed by atoms with Gasteiger partial charge in [-0.25, -0.2) is 0 Å². The van der Waals surface area contributed by atoms with Crippen molar-refractivity contribution in [3.63, 3.8) is 0 Å². The van der Waals surface area contributed by atoms with E-state index in [1.54, 1.807) is 6.92 Å². The second kappa shape index (κ2) is 7.52. The number of thiocarbonyl (C=S) groups is 1. The lowest BCUT2D eigenvalue weighted by Crippen LogP contribution is -2.45. The van der Waals surface area contributed by atoms with Gasteiger partial charge in [0.25, 0.3) is 11.6 Å². The monoisotopic (exact) mass is 452 g/mol. The highest BCUT2D eigenvalue weighted by Gasteiger charge is 2.30. The molecule has 0 aliphatic carbocycles. The summed E-state index contributed by atoms with van der Waals surface area (Å²) in [5.74, 6) is -0.312. The number of carbonyl (C=O) groups is 1. The number of halogens is 1. The number of allylic oxidation sites excluding steroid dienone is 1. The molecule has 10 heteroatoms. The van der Waals surface area contributed by atoms with E-state index in [1.807, 2.05) is 11.4 Å². The number of carbonyl (C=O) groups excluding carboxylic acids is 1. The number of amides is 1. The first kappa shape index (κ1) is 18.5. The average molecular weight is 453 g/mol. The molecule has 0 saturated carbocycles. The lowest BCUT2D eigenvalue weighted by molar-refractivity contribution is -0.384. The fourth-order valence-corrected chi connectivity index (χ4v) is 4.33. The van der Waals surface area contributed by atoms with E-state index in [1.165, 1.54) is 35.6 Å². The lowest BCUT2D eigenvalue weighted by atomic mass is 10.0. The van der Waals surface area contributed by atoms with E-state index < -0.39 is 4.92 Å². The van der Waals surface area contributed by atoms with Crippen LogP contribution in [-0.4, -0.2) is 15.9 Å². The van der Waals surface area contributed by atoms with Gasteiger partial charge in [0.05, 0.1) is 16.5 Å². The van der Waals surface area contributed by atoms with Crippen LogP contribution >= 0.6 is 39.5 Å². The number of nitro groups is 1. The molecule has 3 N–H and O–H groups in total. The maximum atomic E-state index is 12.9. The minimum absolute atomic E-state index is 0.0361. The van der Waals surface area contributed by atoms with Crippen LogP contribution in [0.15, 0.2) is 51.5 Å². The third-order valence-electron chi connectivity index (χ3n) is 3.72. The third kappa shape index (κ3) is 3.92. The zero-order valence-electron chi connectivity index (χ0n) is 13.4. The highest BCUT2D eigenvalue weighted by Crippen LogP contribution is 2.33. The van der Waals surface area contributed by atoms with Crippen molar-refractivity contribution in [3.8, 4) is 0 Å². The van der Waals surface area contributed by atoms with Crippen molar-refractivity contribution >= 4 is 61.9 Å². The largest absolute Gasteiger partial charge is 0.350 e. The summed E-state index contributed by atoms with van der Waals surface area (Å²) in [5, 5.41) is 22.0. The SMILES string of the molecule is CC1=C(C(=O)Nc2ccc([N+](=O)[O-])cc2)C(c2cc(Br)cs2)NC(=S)N1. The summed E-state index contributed by atoms with van der Waals surface area (Å²) in [6.07, 6.45) is 0. The molecule has 134 valence electrons. The van der Waals surface area contributed by atoms with Gasteiger partial charge in [0.1, 0.15) is 0 Å². The Morgan fingerprint density at radius 2 is 2.08 bits per heavy atom. The lowest BCUT2D eigenvalue weighted by Gasteiger charge is -2.29. The van der Waals surface area contributed by atoms with E-state index in [9.17, 15) is 14.9 Å². The molecule has 0 spiro atoms. The topological polar surface area (TPSA) is 96.3 Å². The number of anilines is 1. The van der Waals surface area contributed by atoms with Crippen LogP contribution in [0.25, 0.3) is 0 Å². The molecule has 2 heterocycles. The van der Waals surface area contributed by atoms with Crippen LogP contribution < -0.4 is 16.0 Å². The summed E-state index contributed by atoms with van der Waals surface area (Å²) in [5.41, 5.74) is 1.60. The first-order valence-corrected chi connectivity index (χ1v) is 9.51. The van der Waals surface area contributed by atoms with Crippen molar-refractivity contribution < 1.29 is 9.72 Å². The number of nitro benzene ring substituents is 1. The predicted octanol–water partition coefficient (Wildman–Crippen LogP) is 3.85. The maximum Gasteiger partial charge on any atom is 0.269 e. The fraction of sp³-hybridized carbons (Fsp3) is 0.125. The summed E-state index contributed by atoms with van der Waals surface area (Å²) >= 11 is 10.1. The van der Waals surface area contributed by atoms with E-state index in [0.29, 0.717) is 22.1 Å². The highest BCUT2D eigenvalue weighted by molar-refractivity contribution is 9.10. The van der Waals surface area contributed by atoms with Gasteiger partial charge >= 0.3 is 0 Å². The molecule has 3 rings (SSSR count). The molecule has 0 radical (unpaired) electrons. The first-order chi connectivity index (χ1) is 12.3. The normalized spacial score (nSPS) is 16.7. The summed E-state index contributed by atoms with van der Waals surface area (Å²) in [6.45, 7) is 1.79. The molecule has 1 amide bonds. The second-order valence-corrected chi connectivity index (χ2v) is 7.76. The zero-order valence-corrected chi connectivity index (χ0v) is 16.6. The van der Waals surface area contributed by atoms with Gasteiger partial charge in [-0.15, -0.1) is 11.3 Å². The van der Waals surface area contributed by atoms with E-state index in [2.05, 4.69) is 31.9 Å². The van der Waals surface area contributed by atoms with Crippen molar-refractivity contribution in [1.29, 1.82) is 0 Å². The van der Waals surface area contributed by atoms with Crippen molar-refractivity contribution in [2.75, 3.05) is 5.32 Å². The number of nitrogens with zero attached hydrogens (tertiary/aromatic N) is 1. The Bertz CT molecular complexity index is 924. The summed E-state index contributed by atoms with van der Waals surface area (Å²) in [6, 6.07) is 7.24. The molecule has 0 bridgehead atoms. The zero-order chi connectivity index (χ0) is 18.8. The highest BCUT2D eigenvalue weighted by atomic mass is 79.9. The number of nitrogens with one attached hydrogen (secondary N) is 3. The first-order valence-electron chi connectivity index (χ1n) is 7.43. The van der Waals surface area contributed by atoms with Crippen molar-refractivity contribution in [2.24, 2.45) is 0 Å². The molecule has 1 atom stereocenters. The van der Waals surface area contributed by atoms with Gasteiger partial charge in [-0.3, -0.25) is 14.9 Å². The number of non-ortho nitro benzene ring substituents is 1. The molecule has 1 aliphatic heterocycles. The van der Waals surface area contributed by atoms with Crippen molar-refractivity contribution in [2.45, 2.75) is 13.0 Å². The number of rotatable bonds is 4.